The molecule has 0 unspecified atom stereocenters. The van der Waals surface area contributed by atoms with Crippen LogP contribution in [0, 0.1) is 0 Å². The highest BCUT2D eigenvalue weighted by atomic mass is 35.5. The second-order valence-electron chi connectivity index (χ2n) is 4.73. The van der Waals surface area contributed by atoms with Gasteiger partial charge < -0.3 is 0 Å². The zero-order chi connectivity index (χ0) is 14.1. The normalized spacial score (nSPS) is 12.4. The maximum Gasteiger partial charge on any atom is 0.242 e. The molecular weight excluding hydrogens is 293 g/mol. The van der Waals surface area contributed by atoms with Crippen molar-refractivity contribution in [2.75, 3.05) is 0 Å². The molecule has 102 valence electrons. The molecule has 0 spiro atoms. The summed E-state index contributed by atoms with van der Waals surface area (Å²) in [7, 11) is -3.62. The van der Waals surface area contributed by atoms with E-state index in [4.69, 9.17) is 23.2 Å². The molecule has 0 bridgehead atoms. The first-order valence-electron chi connectivity index (χ1n) is 5.66. The Labute approximate surface area is 119 Å². The summed E-state index contributed by atoms with van der Waals surface area (Å²) in [5, 5.41) is 0.606. The van der Waals surface area contributed by atoms with Crippen LogP contribution in [0.2, 0.25) is 10.0 Å². The average Bonchev–Trinajstić information content (AvgIpc) is 2.18. The number of rotatable bonds is 4. The Morgan fingerprint density at radius 3 is 2.06 bits per heavy atom. The van der Waals surface area contributed by atoms with Crippen LogP contribution >= 0.6 is 23.2 Å². The van der Waals surface area contributed by atoms with Crippen LogP contribution in [0.3, 0.4) is 0 Å². The third-order valence-corrected chi connectivity index (χ3v) is 4.80. The van der Waals surface area contributed by atoms with Gasteiger partial charge in [-0.15, -0.1) is 0 Å². The molecular formula is C12H17Cl2NO2S. The third kappa shape index (κ3) is 3.60. The Hall–Kier alpha value is -0.290. The predicted octanol–water partition coefficient (Wildman–Crippen LogP) is 3.80. The van der Waals surface area contributed by atoms with Gasteiger partial charge in [0.25, 0.3) is 0 Å². The first-order valence-corrected chi connectivity index (χ1v) is 7.90. The molecule has 0 aromatic heterocycles. The highest BCUT2D eigenvalue weighted by molar-refractivity contribution is 7.89. The summed E-state index contributed by atoms with van der Waals surface area (Å²) < 4.78 is 26.6. The van der Waals surface area contributed by atoms with E-state index in [1.807, 2.05) is 13.8 Å². The van der Waals surface area contributed by atoms with Crippen LogP contribution in [0.25, 0.3) is 0 Å². The molecule has 1 N–H and O–H groups in total. The summed E-state index contributed by atoms with van der Waals surface area (Å²) in [5.41, 5.74) is 0.838. The van der Waals surface area contributed by atoms with E-state index in [1.165, 1.54) is 6.07 Å². The average molecular weight is 310 g/mol. The van der Waals surface area contributed by atoms with Crippen molar-refractivity contribution in [1.82, 2.24) is 4.72 Å². The Kier molecular flexibility index (Phi) is 5.06. The van der Waals surface area contributed by atoms with Crippen LogP contribution in [0.15, 0.2) is 17.0 Å². The number of halogens is 2. The van der Waals surface area contributed by atoms with Crippen molar-refractivity contribution in [2.24, 2.45) is 0 Å². The van der Waals surface area contributed by atoms with Gasteiger partial charge in [-0.3, -0.25) is 0 Å². The van der Waals surface area contributed by atoms with E-state index in [0.29, 0.717) is 5.02 Å². The lowest BCUT2D eigenvalue weighted by atomic mass is 10.0. The molecule has 18 heavy (non-hydrogen) atoms. The summed E-state index contributed by atoms with van der Waals surface area (Å²) in [5.74, 6) is 0.185. The number of benzene rings is 1. The maximum absolute atomic E-state index is 12.0. The summed E-state index contributed by atoms with van der Waals surface area (Å²) in [4.78, 5) is 0.0206. The van der Waals surface area contributed by atoms with E-state index < -0.39 is 10.0 Å². The molecule has 0 radical (unpaired) electrons. The predicted molar refractivity (Wildman–Crippen MR) is 76.0 cm³/mol. The summed E-state index contributed by atoms with van der Waals surface area (Å²) in [6.07, 6.45) is 0. The molecule has 0 fully saturated rings. The van der Waals surface area contributed by atoms with Crippen molar-refractivity contribution in [3.63, 3.8) is 0 Å². The standard InChI is InChI=1S/C12H17Cl2NO2S/c1-7(2)9-5-11(14)12(6-10(9)13)18(16,17)15-8(3)4/h5-8,15H,1-4H3. The van der Waals surface area contributed by atoms with Gasteiger partial charge in [0.1, 0.15) is 4.90 Å². The molecule has 1 rings (SSSR count). The SMILES string of the molecule is CC(C)NS(=O)(=O)c1cc(Cl)c(C(C)C)cc1Cl. The van der Waals surface area contributed by atoms with E-state index in [0.717, 1.165) is 5.56 Å². The van der Waals surface area contributed by atoms with E-state index in [9.17, 15) is 8.42 Å². The zero-order valence-electron chi connectivity index (χ0n) is 10.8. The fraction of sp³-hybridized carbons (Fsp3) is 0.500. The van der Waals surface area contributed by atoms with Crippen molar-refractivity contribution < 1.29 is 8.42 Å². The van der Waals surface area contributed by atoms with Gasteiger partial charge in [0.15, 0.2) is 0 Å². The van der Waals surface area contributed by atoms with Crippen LogP contribution in [-0.2, 0) is 10.0 Å². The molecule has 3 nitrogen and oxygen atoms in total. The fourth-order valence-corrected chi connectivity index (χ4v) is 3.83. The largest absolute Gasteiger partial charge is 0.242 e. The summed E-state index contributed by atoms with van der Waals surface area (Å²) in [6, 6.07) is 2.82. The van der Waals surface area contributed by atoms with Crippen molar-refractivity contribution >= 4 is 33.2 Å². The lowest BCUT2D eigenvalue weighted by molar-refractivity contribution is 0.570. The molecule has 0 saturated carbocycles. The second-order valence-corrected chi connectivity index (χ2v) is 7.23. The van der Waals surface area contributed by atoms with Gasteiger partial charge in [0.05, 0.1) is 5.02 Å². The number of sulfonamides is 1. The maximum atomic E-state index is 12.0. The Morgan fingerprint density at radius 1 is 1.06 bits per heavy atom. The van der Waals surface area contributed by atoms with Gasteiger partial charge in [-0.1, -0.05) is 37.0 Å². The van der Waals surface area contributed by atoms with Crippen molar-refractivity contribution in [3.05, 3.63) is 27.7 Å². The topological polar surface area (TPSA) is 46.2 Å². The lowest BCUT2D eigenvalue weighted by Crippen LogP contribution is -2.30. The van der Waals surface area contributed by atoms with Crippen LogP contribution < -0.4 is 4.72 Å². The monoisotopic (exact) mass is 309 g/mol. The van der Waals surface area contributed by atoms with Gasteiger partial charge in [-0.25, -0.2) is 13.1 Å². The smallest absolute Gasteiger partial charge is 0.209 e. The summed E-state index contributed by atoms with van der Waals surface area (Å²) in [6.45, 7) is 7.43. The van der Waals surface area contributed by atoms with Gasteiger partial charge in [0.2, 0.25) is 10.0 Å². The third-order valence-electron chi connectivity index (χ3n) is 2.35. The molecule has 0 aliphatic heterocycles. The molecule has 0 aliphatic rings. The van der Waals surface area contributed by atoms with Crippen LogP contribution in [0.4, 0.5) is 0 Å². The fourth-order valence-electron chi connectivity index (χ4n) is 1.57. The van der Waals surface area contributed by atoms with Gasteiger partial charge >= 0.3 is 0 Å². The Morgan fingerprint density at radius 2 is 1.61 bits per heavy atom. The first kappa shape index (κ1) is 15.8. The molecule has 0 heterocycles. The molecule has 0 aliphatic carbocycles. The molecule has 6 heteroatoms. The summed E-state index contributed by atoms with van der Waals surface area (Å²) >= 11 is 12.1. The second kappa shape index (κ2) is 5.78. The van der Waals surface area contributed by atoms with E-state index in [2.05, 4.69) is 4.72 Å². The number of hydrogen-bond acceptors (Lipinski definition) is 2. The van der Waals surface area contributed by atoms with Crippen molar-refractivity contribution in [1.29, 1.82) is 0 Å². The molecule has 1 aromatic rings. The van der Waals surface area contributed by atoms with E-state index in [1.54, 1.807) is 19.9 Å². The lowest BCUT2D eigenvalue weighted by Gasteiger charge is -2.14. The molecule has 0 amide bonds. The van der Waals surface area contributed by atoms with Crippen LogP contribution in [0.5, 0.6) is 0 Å². The molecule has 1 aromatic carbocycles. The van der Waals surface area contributed by atoms with Crippen molar-refractivity contribution in [3.8, 4) is 0 Å². The molecule has 0 saturated heterocycles. The van der Waals surface area contributed by atoms with Gasteiger partial charge in [-0.2, -0.15) is 0 Å². The zero-order valence-corrected chi connectivity index (χ0v) is 13.1. The first-order chi connectivity index (χ1) is 8.15. The van der Waals surface area contributed by atoms with Crippen LogP contribution in [-0.4, -0.2) is 14.5 Å². The Balaban J connectivity index is 3.32. The number of hydrogen-bond donors (Lipinski definition) is 1. The minimum atomic E-state index is -3.62. The van der Waals surface area contributed by atoms with Gasteiger partial charge in [-0.05, 0) is 37.5 Å². The van der Waals surface area contributed by atoms with E-state index >= 15 is 0 Å². The van der Waals surface area contributed by atoms with E-state index in [-0.39, 0.29) is 21.9 Å². The molecule has 0 atom stereocenters. The highest BCUT2D eigenvalue weighted by Gasteiger charge is 2.21. The minimum Gasteiger partial charge on any atom is -0.209 e. The quantitative estimate of drug-likeness (QED) is 0.919. The van der Waals surface area contributed by atoms with Crippen molar-refractivity contribution in [2.45, 2.75) is 44.6 Å². The number of nitrogens with one attached hydrogen (secondary N) is 1. The minimum absolute atomic E-state index is 0.0206. The highest BCUT2D eigenvalue weighted by Crippen LogP contribution is 2.32. The van der Waals surface area contributed by atoms with Crippen LogP contribution in [0.1, 0.15) is 39.2 Å². The van der Waals surface area contributed by atoms with Gasteiger partial charge in [0, 0.05) is 11.1 Å². The Bertz CT molecular complexity index is 539.